The summed E-state index contributed by atoms with van der Waals surface area (Å²) in [7, 11) is 1.71. The maximum absolute atomic E-state index is 15.1. The Bertz CT molecular complexity index is 1470. The van der Waals surface area contributed by atoms with Gasteiger partial charge >= 0.3 is 5.97 Å². The Kier molecular flexibility index (Phi) is 10.4. The zero-order valence-corrected chi connectivity index (χ0v) is 30.7. The molecule has 1 aromatic carbocycles. The van der Waals surface area contributed by atoms with E-state index in [0.717, 1.165) is 5.56 Å². The molecule has 2 fully saturated rings. The van der Waals surface area contributed by atoms with Crippen molar-refractivity contribution in [2.45, 2.75) is 103 Å². The van der Waals surface area contributed by atoms with Crippen LogP contribution in [-0.2, 0) is 28.7 Å². The van der Waals surface area contributed by atoms with Crippen molar-refractivity contribution in [3.63, 3.8) is 0 Å². The number of carbonyl (C=O) groups excluding carboxylic acids is 4. The second-order valence-corrected chi connectivity index (χ2v) is 16.4. The lowest BCUT2D eigenvalue weighted by Crippen LogP contribution is -2.60. The minimum atomic E-state index is -1.41. The van der Waals surface area contributed by atoms with Crippen LogP contribution in [0.2, 0.25) is 0 Å². The number of hydrogen-bond donors (Lipinski definition) is 1. The number of amides is 3. The number of benzene rings is 1. The molecule has 1 spiro atoms. The van der Waals surface area contributed by atoms with Crippen LogP contribution in [0.15, 0.2) is 53.0 Å². The van der Waals surface area contributed by atoms with Crippen molar-refractivity contribution in [2.75, 3.05) is 26.7 Å². The number of hydrogen-bond acceptors (Lipinski definition) is 7. The molecule has 1 N–H and O–H groups in total. The predicted molar refractivity (Wildman–Crippen MR) is 185 cm³/mol. The van der Waals surface area contributed by atoms with Crippen LogP contribution in [0.4, 0.5) is 0 Å². The smallest absolute Gasteiger partial charge is 0.313 e. The zero-order valence-electron chi connectivity index (χ0n) is 29.1. The van der Waals surface area contributed by atoms with Gasteiger partial charge in [0.15, 0.2) is 0 Å². The average molecular weight is 729 g/mol. The predicted octanol–water partition coefficient (Wildman–Crippen LogP) is 4.77. The highest BCUT2D eigenvalue weighted by Gasteiger charge is 2.75. The quantitative estimate of drug-likeness (QED) is 0.332. The number of esters is 1. The van der Waals surface area contributed by atoms with Gasteiger partial charge in [0, 0.05) is 43.2 Å². The molecule has 0 radical (unpaired) electrons. The fourth-order valence-corrected chi connectivity index (χ4v) is 9.06. The molecule has 4 aliphatic heterocycles. The first kappa shape index (κ1) is 36.3. The monoisotopic (exact) mass is 727 g/mol. The Labute approximate surface area is 292 Å². The summed E-state index contributed by atoms with van der Waals surface area (Å²) in [4.78, 5) is 62.3. The van der Waals surface area contributed by atoms with Gasteiger partial charge in [0.25, 0.3) is 0 Å². The van der Waals surface area contributed by atoms with E-state index < -0.39 is 53.2 Å². The second kappa shape index (κ2) is 13.7. The first-order valence-electron chi connectivity index (χ1n) is 17.0. The number of aliphatic hydroxyl groups excluding tert-OH is 1. The molecule has 0 unspecified atom stereocenters. The second-order valence-electron chi connectivity index (χ2n) is 15.5. The van der Waals surface area contributed by atoms with Crippen molar-refractivity contribution < 1.29 is 33.8 Å². The fraction of sp³-hybridized carbons (Fsp3) is 0.622. The lowest BCUT2D eigenvalue weighted by atomic mass is 9.74. The maximum atomic E-state index is 15.1. The molecule has 5 bridgehead atoms. The Balaban J connectivity index is 1.65. The van der Waals surface area contributed by atoms with Crippen molar-refractivity contribution >= 4 is 39.6 Å². The minimum absolute atomic E-state index is 0.101. The van der Waals surface area contributed by atoms with Crippen molar-refractivity contribution in [1.82, 2.24) is 14.7 Å². The van der Waals surface area contributed by atoms with E-state index in [1.165, 1.54) is 4.90 Å². The number of halogens is 1. The number of likely N-dealkylation sites (N-methyl/N-ethyl adjacent to an activating group) is 1. The van der Waals surface area contributed by atoms with Gasteiger partial charge in [-0.1, -0.05) is 79.2 Å². The van der Waals surface area contributed by atoms with Crippen LogP contribution < -0.4 is 0 Å². The van der Waals surface area contributed by atoms with Crippen molar-refractivity contribution in [3.05, 3.63) is 58.6 Å². The Morgan fingerprint density at radius 2 is 1.69 bits per heavy atom. The largest absolute Gasteiger partial charge is 0.455 e. The van der Waals surface area contributed by atoms with Crippen LogP contribution in [0.25, 0.3) is 0 Å². The molecule has 1 aromatic rings. The topological polar surface area (TPSA) is 117 Å². The van der Waals surface area contributed by atoms with Crippen LogP contribution in [0.3, 0.4) is 0 Å². The standard InChI is InChI=1S/C37H50BrN3O7/c1-23-29(24-15-10-8-11-16-24)47-34(46)27-28-32(44)40(18-14-20-42)31(37(28)21-25(38)30(27)48-37)33(45)41(36(5,6)22-35(2,3)4)19-13-9-12-17-26(43)39(23)7/h8-11,13,15-16,21,23,27-31,42H,12,14,17-20,22H2,1-7H3/b13-9-/t23-,27+,28-,29+,30+,31+,37-/m1/s1. The third kappa shape index (κ3) is 6.62. The highest BCUT2D eigenvalue weighted by atomic mass is 79.9. The first-order chi connectivity index (χ1) is 22.5. The van der Waals surface area contributed by atoms with Crippen LogP contribution in [0, 0.1) is 17.3 Å². The maximum Gasteiger partial charge on any atom is 0.313 e. The van der Waals surface area contributed by atoms with E-state index in [0.29, 0.717) is 17.3 Å². The van der Waals surface area contributed by atoms with Gasteiger partial charge in [-0.15, -0.1) is 0 Å². The molecular weight excluding hydrogens is 678 g/mol. The molecule has 3 amide bonds. The lowest BCUT2D eigenvalue weighted by molar-refractivity contribution is -0.164. The summed E-state index contributed by atoms with van der Waals surface area (Å²) in [6, 6.07) is 7.70. The van der Waals surface area contributed by atoms with Crippen LogP contribution >= 0.6 is 15.9 Å². The molecule has 10 nitrogen and oxygen atoms in total. The summed E-state index contributed by atoms with van der Waals surface area (Å²) in [6.07, 6.45) is 5.66. The van der Waals surface area contributed by atoms with Gasteiger partial charge in [0.1, 0.15) is 29.8 Å². The van der Waals surface area contributed by atoms with E-state index in [1.807, 2.05) is 63.3 Å². The van der Waals surface area contributed by atoms with Crippen LogP contribution in [0.1, 0.15) is 78.9 Å². The van der Waals surface area contributed by atoms with Crippen molar-refractivity contribution in [2.24, 2.45) is 17.3 Å². The summed E-state index contributed by atoms with van der Waals surface area (Å²) in [6.45, 7) is 12.5. The zero-order chi connectivity index (χ0) is 35.2. The highest BCUT2D eigenvalue weighted by Crippen LogP contribution is 2.59. The van der Waals surface area contributed by atoms with Gasteiger partial charge < -0.3 is 29.3 Å². The van der Waals surface area contributed by atoms with Gasteiger partial charge in [0.2, 0.25) is 17.7 Å². The molecule has 4 heterocycles. The van der Waals surface area contributed by atoms with E-state index in [2.05, 4.69) is 36.7 Å². The Morgan fingerprint density at radius 3 is 2.33 bits per heavy atom. The Morgan fingerprint density at radius 1 is 1.00 bits per heavy atom. The number of likely N-dealkylation sites (tertiary alicyclic amines) is 1. The molecule has 262 valence electrons. The molecule has 48 heavy (non-hydrogen) atoms. The third-order valence-corrected chi connectivity index (χ3v) is 10.9. The van der Waals surface area contributed by atoms with E-state index >= 15 is 4.79 Å². The number of cyclic esters (lactones) is 1. The average Bonchev–Trinajstić information content (AvgIpc) is 3.61. The molecule has 7 atom stereocenters. The summed E-state index contributed by atoms with van der Waals surface area (Å²) in [5.41, 5.74) is -1.44. The van der Waals surface area contributed by atoms with E-state index in [9.17, 15) is 19.5 Å². The number of fused-ring (bicyclic) bond motifs is 2. The van der Waals surface area contributed by atoms with Gasteiger partial charge in [-0.3, -0.25) is 19.2 Å². The summed E-state index contributed by atoms with van der Waals surface area (Å²) >= 11 is 3.62. The molecular formula is C37H50BrN3O7. The lowest BCUT2D eigenvalue weighted by Gasteiger charge is -2.45. The highest BCUT2D eigenvalue weighted by molar-refractivity contribution is 9.11. The summed E-state index contributed by atoms with van der Waals surface area (Å²) in [5, 5.41) is 9.80. The number of carbonyl (C=O) groups is 4. The number of nitrogens with zero attached hydrogens (tertiary/aromatic N) is 3. The molecule has 11 heteroatoms. The molecule has 4 aliphatic rings. The molecule has 0 aliphatic carbocycles. The van der Waals surface area contributed by atoms with Gasteiger partial charge in [-0.25, -0.2) is 0 Å². The van der Waals surface area contributed by atoms with Crippen molar-refractivity contribution in [3.8, 4) is 0 Å². The van der Waals surface area contributed by atoms with E-state index in [4.69, 9.17) is 9.47 Å². The number of ether oxygens (including phenoxy) is 2. The number of aliphatic hydroxyl groups is 1. The SMILES string of the molecule is C[C@@H]1[C@@H](c2ccccc2)OC(=O)[C@@H]2[C@H]3O[C@@]4(C=C3Br)[C@H](C(=O)N(C(C)(C)CC(C)(C)C)C/C=C\CCC(=O)N1C)N(CCCO)C(=O)[C@@H]24. The number of allylic oxidation sites excluding steroid dienone is 1. The van der Waals surface area contributed by atoms with Crippen LogP contribution in [-0.4, -0.2) is 99.6 Å². The van der Waals surface area contributed by atoms with Crippen LogP contribution in [0.5, 0.6) is 0 Å². The number of rotatable bonds is 6. The molecule has 5 rings (SSSR count). The normalized spacial score (nSPS) is 32.4. The molecule has 0 aromatic heterocycles. The summed E-state index contributed by atoms with van der Waals surface area (Å²) < 4.78 is 13.6. The molecule has 0 saturated carbocycles. The van der Waals surface area contributed by atoms with Crippen molar-refractivity contribution in [1.29, 1.82) is 0 Å². The first-order valence-corrected chi connectivity index (χ1v) is 17.8. The van der Waals surface area contributed by atoms with E-state index in [1.54, 1.807) is 22.9 Å². The van der Waals surface area contributed by atoms with Gasteiger partial charge in [-0.2, -0.15) is 0 Å². The summed E-state index contributed by atoms with van der Waals surface area (Å²) in [5.74, 6) is -3.42. The Hall–Kier alpha value is -3.02. The van der Waals surface area contributed by atoms with Gasteiger partial charge in [0.05, 0.1) is 12.0 Å². The van der Waals surface area contributed by atoms with E-state index in [-0.39, 0.29) is 55.7 Å². The van der Waals surface area contributed by atoms with Gasteiger partial charge in [-0.05, 0) is 57.1 Å². The fourth-order valence-electron chi connectivity index (χ4n) is 8.33. The third-order valence-electron chi connectivity index (χ3n) is 10.2. The minimum Gasteiger partial charge on any atom is -0.455 e. The molecule has 2 saturated heterocycles.